The number of aromatic nitrogens is 2. The molecule has 1 aromatic carbocycles. The molecule has 2 aromatic rings. The lowest BCUT2D eigenvalue weighted by atomic mass is 10.1. The van der Waals surface area contributed by atoms with Gasteiger partial charge in [0.05, 0.1) is 25.6 Å². The maximum Gasteiger partial charge on any atom is 0.244 e. The molecule has 23 heavy (non-hydrogen) atoms. The SMILES string of the molecule is COc1ccc(CNS(=O)(=O)c2c(C)n[nH]c2C)c(OC)c1C. The molecule has 0 spiro atoms. The minimum absolute atomic E-state index is 0.112. The Bertz CT molecular complexity index is 793. The molecule has 0 radical (unpaired) electrons. The summed E-state index contributed by atoms with van der Waals surface area (Å²) in [6.45, 7) is 5.29. The van der Waals surface area contributed by atoms with Crippen molar-refractivity contribution in [3.05, 3.63) is 34.6 Å². The van der Waals surface area contributed by atoms with Crippen molar-refractivity contribution < 1.29 is 17.9 Å². The number of benzene rings is 1. The minimum atomic E-state index is -3.66. The first-order valence-electron chi connectivity index (χ1n) is 7.03. The fourth-order valence-corrected chi connectivity index (χ4v) is 3.93. The zero-order chi connectivity index (χ0) is 17.2. The van der Waals surface area contributed by atoms with Crippen LogP contribution in [0, 0.1) is 20.8 Å². The normalized spacial score (nSPS) is 11.5. The summed E-state index contributed by atoms with van der Waals surface area (Å²) in [5.41, 5.74) is 2.50. The number of aromatic amines is 1. The summed E-state index contributed by atoms with van der Waals surface area (Å²) in [6.07, 6.45) is 0. The summed E-state index contributed by atoms with van der Waals surface area (Å²) in [5.74, 6) is 1.29. The Morgan fingerprint density at radius 1 is 1.17 bits per heavy atom. The van der Waals surface area contributed by atoms with Crippen LogP contribution in [0.4, 0.5) is 0 Å². The number of methoxy groups -OCH3 is 2. The van der Waals surface area contributed by atoms with Crippen molar-refractivity contribution in [3.8, 4) is 11.5 Å². The molecule has 0 fully saturated rings. The number of rotatable bonds is 6. The van der Waals surface area contributed by atoms with Gasteiger partial charge >= 0.3 is 0 Å². The molecule has 0 bridgehead atoms. The maximum atomic E-state index is 12.5. The zero-order valence-electron chi connectivity index (χ0n) is 13.9. The van der Waals surface area contributed by atoms with Crippen LogP contribution >= 0.6 is 0 Å². The molecule has 0 aliphatic heterocycles. The van der Waals surface area contributed by atoms with E-state index in [1.165, 1.54) is 0 Å². The van der Waals surface area contributed by atoms with E-state index >= 15 is 0 Å². The van der Waals surface area contributed by atoms with Crippen LogP contribution in [0.15, 0.2) is 17.0 Å². The molecule has 7 nitrogen and oxygen atoms in total. The topological polar surface area (TPSA) is 93.3 Å². The van der Waals surface area contributed by atoms with Gasteiger partial charge in [-0.1, -0.05) is 6.07 Å². The predicted molar refractivity (Wildman–Crippen MR) is 86.4 cm³/mol. The molecule has 0 amide bonds. The summed E-state index contributed by atoms with van der Waals surface area (Å²) in [4.78, 5) is 0.182. The first-order chi connectivity index (χ1) is 10.8. The molecule has 8 heteroatoms. The van der Waals surface area contributed by atoms with E-state index in [2.05, 4.69) is 14.9 Å². The van der Waals surface area contributed by atoms with Gasteiger partial charge in [0.1, 0.15) is 16.4 Å². The van der Waals surface area contributed by atoms with Crippen LogP contribution in [0.3, 0.4) is 0 Å². The number of nitrogens with one attached hydrogen (secondary N) is 2. The van der Waals surface area contributed by atoms with Crippen LogP contribution in [0.5, 0.6) is 11.5 Å². The molecule has 0 aliphatic carbocycles. The van der Waals surface area contributed by atoms with Crippen LogP contribution in [-0.2, 0) is 16.6 Å². The van der Waals surface area contributed by atoms with Crippen molar-refractivity contribution in [2.45, 2.75) is 32.2 Å². The molecule has 0 saturated carbocycles. The fraction of sp³-hybridized carbons (Fsp3) is 0.400. The van der Waals surface area contributed by atoms with E-state index in [0.717, 1.165) is 11.1 Å². The molecule has 2 rings (SSSR count). The Morgan fingerprint density at radius 3 is 2.39 bits per heavy atom. The minimum Gasteiger partial charge on any atom is -0.496 e. The van der Waals surface area contributed by atoms with E-state index in [1.807, 2.05) is 6.92 Å². The van der Waals surface area contributed by atoms with Crippen molar-refractivity contribution in [1.29, 1.82) is 0 Å². The highest BCUT2D eigenvalue weighted by atomic mass is 32.2. The van der Waals surface area contributed by atoms with Crippen LogP contribution < -0.4 is 14.2 Å². The first kappa shape index (κ1) is 17.3. The third-order valence-corrected chi connectivity index (χ3v) is 5.31. The molecular weight excluding hydrogens is 318 g/mol. The molecule has 0 unspecified atom stereocenters. The lowest BCUT2D eigenvalue weighted by Gasteiger charge is -2.15. The van der Waals surface area contributed by atoms with Gasteiger partial charge in [-0.25, -0.2) is 13.1 Å². The van der Waals surface area contributed by atoms with Gasteiger partial charge in [0, 0.05) is 17.7 Å². The van der Waals surface area contributed by atoms with Gasteiger partial charge in [-0.05, 0) is 26.8 Å². The summed E-state index contributed by atoms with van der Waals surface area (Å²) in [6, 6.07) is 3.57. The molecule has 0 aliphatic rings. The largest absolute Gasteiger partial charge is 0.496 e. The number of hydrogen-bond acceptors (Lipinski definition) is 5. The third kappa shape index (κ3) is 3.32. The van der Waals surface area contributed by atoms with Crippen LogP contribution in [0.25, 0.3) is 0 Å². The van der Waals surface area contributed by atoms with Gasteiger partial charge in [0.15, 0.2) is 0 Å². The van der Waals surface area contributed by atoms with Crippen LogP contribution in [-0.4, -0.2) is 32.8 Å². The monoisotopic (exact) mass is 339 g/mol. The third-order valence-electron chi connectivity index (χ3n) is 3.64. The standard InChI is InChI=1S/C15H21N3O4S/c1-9-13(21-4)7-6-12(14(9)22-5)8-16-23(19,20)15-10(2)17-18-11(15)3/h6-7,16H,8H2,1-5H3,(H,17,18). The molecule has 2 N–H and O–H groups in total. The Morgan fingerprint density at radius 2 is 1.87 bits per heavy atom. The second kappa shape index (κ2) is 6.59. The lowest BCUT2D eigenvalue weighted by molar-refractivity contribution is 0.385. The second-order valence-corrected chi connectivity index (χ2v) is 6.88. The highest BCUT2D eigenvalue weighted by molar-refractivity contribution is 7.89. The van der Waals surface area contributed by atoms with Crippen molar-refractivity contribution in [2.75, 3.05) is 14.2 Å². The summed E-state index contributed by atoms with van der Waals surface area (Å²) < 4.78 is 38.2. The van der Waals surface area contributed by atoms with Gasteiger partial charge < -0.3 is 9.47 Å². The van der Waals surface area contributed by atoms with E-state index in [4.69, 9.17) is 9.47 Å². The maximum absolute atomic E-state index is 12.5. The smallest absolute Gasteiger partial charge is 0.244 e. The van der Waals surface area contributed by atoms with Crippen molar-refractivity contribution >= 4 is 10.0 Å². The van der Waals surface area contributed by atoms with Gasteiger partial charge in [-0.2, -0.15) is 5.10 Å². The number of aryl methyl sites for hydroxylation is 2. The lowest BCUT2D eigenvalue weighted by Crippen LogP contribution is -2.24. The zero-order valence-corrected chi connectivity index (χ0v) is 14.7. The second-order valence-electron chi connectivity index (χ2n) is 5.17. The number of hydrogen-bond donors (Lipinski definition) is 2. The van der Waals surface area contributed by atoms with Crippen LogP contribution in [0.1, 0.15) is 22.5 Å². The van der Waals surface area contributed by atoms with Gasteiger partial charge in [-0.15, -0.1) is 0 Å². The van der Waals surface area contributed by atoms with E-state index in [-0.39, 0.29) is 11.4 Å². The number of H-pyrrole nitrogens is 1. The van der Waals surface area contributed by atoms with E-state index in [9.17, 15) is 8.42 Å². The molecule has 126 valence electrons. The fourth-order valence-electron chi connectivity index (χ4n) is 2.56. The molecule has 0 atom stereocenters. The molecule has 0 saturated heterocycles. The number of ether oxygens (including phenoxy) is 2. The Hall–Kier alpha value is -2.06. The quantitative estimate of drug-likeness (QED) is 0.837. The summed E-state index contributed by atoms with van der Waals surface area (Å²) in [5, 5.41) is 6.60. The Balaban J connectivity index is 2.29. The van der Waals surface area contributed by atoms with Gasteiger partial charge in [-0.3, -0.25) is 5.10 Å². The Kier molecular flexibility index (Phi) is 4.96. The van der Waals surface area contributed by atoms with Gasteiger partial charge in [0.2, 0.25) is 10.0 Å². The van der Waals surface area contributed by atoms with Crippen molar-refractivity contribution in [1.82, 2.24) is 14.9 Å². The van der Waals surface area contributed by atoms with E-state index in [1.54, 1.807) is 40.2 Å². The van der Waals surface area contributed by atoms with Crippen molar-refractivity contribution in [2.24, 2.45) is 0 Å². The predicted octanol–water partition coefficient (Wildman–Crippen LogP) is 1.83. The Labute approximate surface area is 136 Å². The van der Waals surface area contributed by atoms with Crippen molar-refractivity contribution in [3.63, 3.8) is 0 Å². The number of sulfonamides is 1. The average molecular weight is 339 g/mol. The van der Waals surface area contributed by atoms with E-state index < -0.39 is 10.0 Å². The van der Waals surface area contributed by atoms with Crippen LogP contribution in [0.2, 0.25) is 0 Å². The first-order valence-corrected chi connectivity index (χ1v) is 8.51. The highest BCUT2D eigenvalue weighted by Crippen LogP contribution is 2.31. The summed E-state index contributed by atoms with van der Waals surface area (Å²) >= 11 is 0. The highest BCUT2D eigenvalue weighted by Gasteiger charge is 2.22. The average Bonchev–Trinajstić information content (AvgIpc) is 2.85. The van der Waals surface area contributed by atoms with Gasteiger partial charge in [0.25, 0.3) is 0 Å². The van der Waals surface area contributed by atoms with E-state index in [0.29, 0.717) is 22.9 Å². The molecular formula is C15H21N3O4S. The number of nitrogens with zero attached hydrogens (tertiary/aromatic N) is 1. The molecule has 1 heterocycles. The molecule has 1 aromatic heterocycles. The summed E-state index contributed by atoms with van der Waals surface area (Å²) in [7, 11) is -0.537.